The molecule has 4 heteroatoms. The molecule has 0 saturated heterocycles. The lowest BCUT2D eigenvalue weighted by atomic mass is 10.0. The monoisotopic (exact) mass is 316 g/mol. The average molecular weight is 317 g/mol. The Labute approximate surface area is 136 Å². The normalized spacial score (nSPS) is 14.1. The minimum Gasteiger partial charge on any atom is -0.497 e. The summed E-state index contributed by atoms with van der Waals surface area (Å²) in [5.74, 6) is 0.876. The highest BCUT2D eigenvalue weighted by Crippen LogP contribution is 2.31. The first-order valence-corrected chi connectivity index (χ1v) is 8.03. The molecular formula is C18H21ClN2O. The van der Waals surface area contributed by atoms with E-state index < -0.39 is 0 Å². The third-order valence-electron chi connectivity index (χ3n) is 4.09. The van der Waals surface area contributed by atoms with E-state index in [0.717, 1.165) is 48.9 Å². The van der Waals surface area contributed by atoms with Gasteiger partial charge in [0.1, 0.15) is 5.75 Å². The Morgan fingerprint density at radius 3 is 2.91 bits per heavy atom. The van der Waals surface area contributed by atoms with Crippen LogP contribution in [0.15, 0.2) is 36.4 Å². The second-order valence-corrected chi connectivity index (χ2v) is 5.92. The van der Waals surface area contributed by atoms with Gasteiger partial charge < -0.3 is 15.4 Å². The Bertz CT molecular complexity index is 658. The maximum atomic E-state index is 6.43. The van der Waals surface area contributed by atoms with E-state index in [2.05, 4.69) is 22.8 Å². The van der Waals surface area contributed by atoms with E-state index in [9.17, 15) is 0 Å². The smallest absolute Gasteiger partial charge is 0.119 e. The van der Waals surface area contributed by atoms with Crippen molar-refractivity contribution in [1.82, 2.24) is 5.32 Å². The number of nitrogens with one attached hydrogen (secondary N) is 2. The number of fused-ring (bicyclic) bond motifs is 1. The lowest BCUT2D eigenvalue weighted by molar-refractivity contribution is 0.414. The number of rotatable bonds is 4. The molecule has 0 fully saturated rings. The van der Waals surface area contributed by atoms with Gasteiger partial charge in [-0.2, -0.15) is 0 Å². The fraction of sp³-hybridized carbons (Fsp3) is 0.333. The van der Waals surface area contributed by atoms with Crippen LogP contribution in [0, 0.1) is 0 Å². The molecule has 1 aliphatic rings. The Kier molecular flexibility index (Phi) is 4.86. The zero-order valence-corrected chi connectivity index (χ0v) is 13.5. The summed E-state index contributed by atoms with van der Waals surface area (Å²) in [6, 6.07) is 12.3. The number of anilines is 1. The first-order valence-electron chi connectivity index (χ1n) is 7.65. The Balaban J connectivity index is 1.82. The number of methoxy groups -OCH3 is 1. The van der Waals surface area contributed by atoms with Gasteiger partial charge in [0.15, 0.2) is 0 Å². The first kappa shape index (κ1) is 15.2. The highest BCUT2D eigenvalue weighted by molar-refractivity contribution is 6.33. The van der Waals surface area contributed by atoms with Crippen LogP contribution in [0.1, 0.15) is 16.7 Å². The van der Waals surface area contributed by atoms with Crippen LogP contribution in [0.4, 0.5) is 5.69 Å². The van der Waals surface area contributed by atoms with Gasteiger partial charge >= 0.3 is 0 Å². The Morgan fingerprint density at radius 2 is 2.05 bits per heavy atom. The molecule has 22 heavy (non-hydrogen) atoms. The van der Waals surface area contributed by atoms with Crippen molar-refractivity contribution in [3.63, 3.8) is 0 Å². The summed E-state index contributed by atoms with van der Waals surface area (Å²) >= 11 is 6.43. The number of ether oxygens (including phenoxy) is 1. The van der Waals surface area contributed by atoms with Crippen LogP contribution in [-0.4, -0.2) is 20.2 Å². The largest absolute Gasteiger partial charge is 0.497 e. The third kappa shape index (κ3) is 3.37. The molecule has 3 nitrogen and oxygen atoms in total. The number of halogens is 1. The predicted octanol–water partition coefficient (Wildman–Crippen LogP) is 3.65. The minimum atomic E-state index is 0.737. The molecule has 0 spiro atoms. The zero-order chi connectivity index (χ0) is 15.4. The number of hydrogen-bond donors (Lipinski definition) is 2. The molecule has 2 aromatic carbocycles. The average Bonchev–Trinajstić information content (AvgIpc) is 2.79. The molecule has 0 bridgehead atoms. The summed E-state index contributed by atoms with van der Waals surface area (Å²) in [6.45, 7) is 2.77. The van der Waals surface area contributed by atoms with Crippen molar-refractivity contribution in [2.24, 2.45) is 0 Å². The summed E-state index contributed by atoms with van der Waals surface area (Å²) in [6.07, 6.45) is 2.07. The standard InChI is InChI=1S/C18H21ClN2O/c1-22-15-4-2-3-13(11-15)12-21-18-16-8-10-20-9-7-14(16)5-6-17(18)19/h2-6,11,20-21H,7-10,12H2,1H3. The lowest BCUT2D eigenvalue weighted by Gasteiger charge is -2.16. The molecule has 0 aromatic heterocycles. The molecule has 0 amide bonds. The fourth-order valence-corrected chi connectivity index (χ4v) is 3.15. The fourth-order valence-electron chi connectivity index (χ4n) is 2.91. The van der Waals surface area contributed by atoms with E-state index in [1.807, 2.05) is 24.3 Å². The van der Waals surface area contributed by atoms with Gasteiger partial charge in [-0.15, -0.1) is 0 Å². The van der Waals surface area contributed by atoms with Gasteiger partial charge in [-0.3, -0.25) is 0 Å². The molecule has 1 aliphatic heterocycles. The van der Waals surface area contributed by atoms with Crippen molar-refractivity contribution in [2.45, 2.75) is 19.4 Å². The van der Waals surface area contributed by atoms with Crippen LogP contribution in [0.3, 0.4) is 0 Å². The number of hydrogen-bond acceptors (Lipinski definition) is 3. The van der Waals surface area contributed by atoms with Crippen LogP contribution >= 0.6 is 11.6 Å². The van der Waals surface area contributed by atoms with Crippen LogP contribution in [0.25, 0.3) is 0 Å². The quantitative estimate of drug-likeness (QED) is 0.903. The van der Waals surface area contributed by atoms with Crippen molar-refractivity contribution >= 4 is 17.3 Å². The summed E-state index contributed by atoms with van der Waals surface area (Å²) in [5.41, 5.74) is 4.99. The molecule has 116 valence electrons. The molecule has 0 aliphatic carbocycles. The zero-order valence-electron chi connectivity index (χ0n) is 12.8. The van der Waals surface area contributed by atoms with Crippen molar-refractivity contribution in [1.29, 1.82) is 0 Å². The highest BCUT2D eigenvalue weighted by atomic mass is 35.5. The van der Waals surface area contributed by atoms with Crippen molar-refractivity contribution in [3.05, 3.63) is 58.1 Å². The Morgan fingerprint density at radius 1 is 1.18 bits per heavy atom. The van der Waals surface area contributed by atoms with Crippen molar-refractivity contribution < 1.29 is 4.74 Å². The van der Waals surface area contributed by atoms with E-state index in [-0.39, 0.29) is 0 Å². The van der Waals surface area contributed by atoms with Crippen molar-refractivity contribution in [2.75, 3.05) is 25.5 Å². The molecular weight excluding hydrogens is 296 g/mol. The van der Waals surface area contributed by atoms with E-state index in [0.29, 0.717) is 0 Å². The van der Waals surface area contributed by atoms with Crippen LogP contribution in [0.5, 0.6) is 5.75 Å². The molecule has 2 N–H and O–H groups in total. The SMILES string of the molecule is COc1cccc(CNc2c(Cl)ccc3c2CCNCC3)c1. The predicted molar refractivity (Wildman–Crippen MR) is 92.1 cm³/mol. The number of benzene rings is 2. The lowest BCUT2D eigenvalue weighted by Crippen LogP contribution is -2.16. The second-order valence-electron chi connectivity index (χ2n) is 5.52. The molecule has 2 aromatic rings. The molecule has 0 radical (unpaired) electrons. The first-order chi connectivity index (χ1) is 10.8. The van der Waals surface area contributed by atoms with E-state index in [1.165, 1.54) is 16.7 Å². The molecule has 0 unspecified atom stereocenters. The summed E-state index contributed by atoms with van der Waals surface area (Å²) in [4.78, 5) is 0. The molecule has 1 heterocycles. The maximum absolute atomic E-state index is 6.43. The molecule has 3 rings (SSSR count). The van der Waals surface area contributed by atoms with Crippen LogP contribution < -0.4 is 15.4 Å². The van der Waals surface area contributed by atoms with Gasteiger partial charge in [-0.1, -0.05) is 29.8 Å². The summed E-state index contributed by atoms with van der Waals surface area (Å²) in [7, 11) is 1.69. The molecule has 0 atom stereocenters. The van der Waals surface area contributed by atoms with E-state index in [1.54, 1.807) is 7.11 Å². The van der Waals surface area contributed by atoms with Gasteiger partial charge in [-0.05, 0) is 60.8 Å². The third-order valence-corrected chi connectivity index (χ3v) is 4.40. The van der Waals surface area contributed by atoms with Gasteiger partial charge in [-0.25, -0.2) is 0 Å². The second kappa shape index (κ2) is 7.03. The summed E-state index contributed by atoms with van der Waals surface area (Å²) in [5, 5.41) is 7.76. The van der Waals surface area contributed by atoms with Gasteiger partial charge in [0, 0.05) is 6.54 Å². The van der Waals surface area contributed by atoms with Gasteiger partial charge in [0.25, 0.3) is 0 Å². The highest BCUT2D eigenvalue weighted by Gasteiger charge is 2.14. The van der Waals surface area contributed by atoms with Crippen LogP contribution in [0.2, 0.25) is 5.02 Å². The van der Waals surface area contributed by atoms with Crippen LogP contribution in [-0.2, 0) is 19.4 Å². The minimum absolute atomic E-state index is 0.737. The maximum Gasteiger partial charge on any atom is 0.119 e. The summed E-state index contributed by atoms with van der Waals surface area (Å²) < 4.78 is 5.28. The van der Waals surface area contributed by atoms with Crippen molar-refractivity contribution in [3.8, 4) is 5.75 Å². The van der Waals surface area contributed by atoms with E-state index in [4.69, 9.17) is 16.3 Å². The topological polar surface area (TPSA) is 33.3 Å². The van der Waals surface area contributed by atoms with Gasteiger partial charge in [0.05, 0.1) is 17.8 Å². The Hall–Kier alpha value is -1.71. The molecule has 0 saturated carbocycles. The van der Waals surface area contributed by atoms with E-state index >= 15 is 0 Å². The van der Waals surface area contributed by atoms with Gasteiger partial charge in [0.2, 0.25) is 0 Å².